The number of methoxy groups -OCH3 is 1. The van der Waals surface area contributed by atoms with Crippen molar-refractivity contribution in [2.45, 2.75) is 23.9 Å². The van der Waals surface area contributed by atoms with Gasteiger partial charge in [0.05, 0.1) is 7.11 Å². The molecule has 0 saturated carbocycles. The standard InChI is InChI=1S/C22H21NO5/c1-23-13-12-20(19(25)27-2)18(14-8-4-3-5-9-14)28-22(26)16-11-7-6-10-15(16)17(24)21(20,22)23/h3-11,18,26H,12-13H2,1-2H3/t18-,20+,21+,22-/m0/s1. The van der Waals surface area contributed by atoms with Crippen LogP contribution >= 0.6 is 0 Å². The molecule has 2 saturated heterocycles. The summed E-state index contributed by atoms with van der Waals surface area (Å²) < 4.78 is 11.5. The van der Waals surface area contributed by atoms with E-state index in [0.717, 1.165) is 5.56 Å². The zero-order valence-electron chi connectivity index (χ0n) is 15.7. The molecule has 2 heterocycles. The van der Waals surface area contributed by atoms with Crippen molar-refractivity contribution in [3.8, 4) is 0 Å². The van der Waals surface area contributed by atoms with E-state index in [1.165, 1.54) is 7.11 Å². The van der Waals surface area contributed by atoms with Gasteiger partial charge in [-0.25, -0.2) is 0 Å². The number of carbonyl (C=O) groups is 2. The Hall–Kier alpha value is -2.54. The fourth-order valence-corrected chi connectivity index (χ4v) is 5.75. The Kier molecular flexibility index (Phi) is 3.45. The van der Waals surface area contributed by atoms with Gasteiger partial charge in [-0.15, -0.1) is 0 Å². The van der Waals surface area contributed by atoms with Crippen LogP contribution in [0.25, 0.3) is 0 Å². The van der Waals surface area contributed by atoms with E-state index < -0.39 is 28.8 Å². The lowest BCUT2D eigenvalue weighted by Crippen LogP contribution is -2.65. The van der Waals surface area contributed by atoms with E-state index in [4.69, 9.17) is 9.47 Å². The molecule has 5 rings (SSSR count). The molecule has 144 valence electrons. The van der Waals surface area contributed by atoms with Crippen molar-refractivity contribution >= 4 is 11.8 Å². The number of likely N-dealkylation sites (tertiary alicyclic amines) is 1. The van der Waals surface area contributed by atoms with E-state index in [1.54, 1.807) is 36.2 Å². The van der Waals surface area contributed by atoms with Crippen LogP contribution in [0.1, 0.15) is 34.0 Å². The maximum atomic E-state index is 13.8. The summed E-state index contributed by atoms with van der Waals surface area (Å²) in [4.78, 5) is 28.9. The number of hydrogen-bond acceptors (Lipinski definition) is 6. The van der Waals surface area contributed by atoms with Crippen LogP contribution in [0.15, 0.2) is 54.6 Å². The average Bonchev–Trinajstić information content (AvgIpc) is 3.25. The molecule has 28 heavy (non-hydrogen) atoms. The molecule has 2 fully saturated rings. The van der Waals surface area contributed by atoms with Gasteiger partial charge in [-0.1, -0.05) is 54.6 Å². The highest BCUT2D eigenvalue weighted by molar-refractivity contribution is 6.13. The van der Waals surface area contributed by atoms with Crippen LogP contribution in [0.4, 0.5) is 0 Å². The Balaban J connectivity index is 1.86. The molecule has 0 amide bonds. The quantitative estimate of drug-likeness (QED) is 0.805. The number of fused-ring (bicyclic) bond motifs is 2. The predicted octanol–water partition coefficient (Wildman–Crippen LogP) is 2.03. The minimum absolute atomic E-state index is 0.297. The molecule has 1 spiro atoms. The molecule has 0 unspecified atom stereocenters. The summed E-state index contributed by atoms with van der Waals surface area (Å²) in [6.45, 7) is 0.462. The summed E-state index contributed by atoms with van der Waals surface area (Å²) in [6.07, 6.45) is -0.467. The largest absolute Gasteiger partial charge is 0.468 e. The number of Topliss-reactive ketones (excluding diaryl/α,β-unsaturated/α-hetero) is 1. The molecule has 4 atom stereocenters. The smallest absolute Gasteiger partial charge is 0.317 e. The number of ketones is 1. The SMILES string of the molecule is COC(=O)[C@]12CCN(C)[C@]13C(=O)c1ccccc1[C@]3(O)O[C@H]2c1ccccc1. The Bertz CT molecular complexity index is 991. The second-order valence-corrected chi connectivity index (χ2v) is 7.77. The molecule has 2 aromatic carbocycles. The third-order valence-electron chi connectivity index (χ3n) is 6.80. The van der Waals surface area contributed by atoms with Crippen LogP contribution in [0.3, 0.4) is 0 Å². The van der Waals surface area contributed by atoms with Crippen LogP contribution in [0, 0.1) is 5.41 Å². The molecule has 0 radical (unpaired) electrons. The van der Waals surface area contributed by atoms with Gasteiger partial charge in [-0.2, -0.15) is 0 Å². The van der Waals surface area contributed by atoms with Gasteiger partial charge in [-0.3, -0.25) is 14.5 Å². The summed E-state index contributed by atoms with van der Waals surface area (Å²) in [5.41, 5.74) is -1.41. The molecule has 0 aromatic heterocycles. The predicted molar refractivity (Wildman–Crippen MR) is 99.4 cm³/mol. The zero-order chi connectivity index (χ0) is 19.7. The molecule has 1 N–H and O–H groups in total. The first kappa shape index (κ1) is 17.6. The molecule has 6 nitrogen and oxygen atoms in total. The Morgan fingerprint density at radius 1 is 1.18 bits per heavy atom. The van der Waals surface area contributed by atoms with Gasteiger partial charge in [0, 0.05) is 17.7 Å². The van der Waals surface area contributed by atoms with Crippen molar-refractivity contribution in [2.24, 2.45) is 5.41 Å². The number of aliphatic hydroxyl groups is 1. The third kappa shape index (κ3) is 1.62. The van der Waals surface area contributed by atoms with E-state index in [0.29, 0.717) is 24.1 Å². The summed E-state index contributed by atoms with van der Waals surface area (Å²) in [7, 11) is 3.07. The first-order chi connectivity index (χ1) is 13.4. The van der Waals surface area contributed by atoms with Crippen molar-refractivity contribution in [3.05, 3.63) is 71.3 Å². The highest BCUT2D eigenvalue weighted by Crippen LogP contribution is 2.71. The van der Waals surface area contributed by atoms with Crippen molar-refractivity contribution in [1.82, 2.24) is 4.90 Å². The van der Waals surface area contributed by atoms with Gasteiger partial charge >= 0.3 is 5.97 Å². The van der Waals surface area contributed by atoms with E-state index in [2.05, 4.69) is 0 Å². The van der Waals surface area contributed by atoms with Crippen molar-refractivity contribution < 1.29 is 24.2 Å². The molecular weight excluding hydrogens is 358 g/mol. The highest BCUT2D eigenvalue weighted by Gasteiger charge is 2.86. The van der Waals surface area contributed by atoms with Gasteiger partial charge in [0.15, 0.2) is 11.3 Å². The topological polar surface area (TPSA) is 76.1 Å². The van der Waals surface area contributed by atoms with Gasteiger partial charge < -0.3 is 14.6 Å². The third-order valence-corrected chi connectivity index (χ3v) is 6.80. The number of esters is 1. The summed E-state index contributed by atoms with van der Waals surface area (Å²) >= 11 is 0. The van der Waals surface area contributed by atoms with Gasteiger partial charge in [0.2, 0.25) is 5.79 Å². The second-order valence-electron chi connectivity index (χ2n) is 7.77. The minimum Gasteiger partial charge on any atom is -0.468 e. The van der Waals surface area contributed by atoms with Crippen molar-refractivity contribution in [3.63, 3.8) is 0 Å². The molecule has 3 aliphatic rings. The fourth-order valence-electron chi connectivity index (χ4n) is 5.75. The molecule has 0 bridgehead atoms. The maximum Gasteiger partial charge on any atom is 0.317 e. The first-order valence-electron chi connectivity index (χ1n) is 9.34. The van der Waals surface area contributed by atoms with Gasteiger partial charge in [-0.05, 0) is 19.0 Å². The van der Waals surface area contributed by atoms with Crippen molar-refractivity contribution in [1.29, 1.82) is 0 Å². The number of rotatable bonds is 2. The molecule has 2 aromatic rings. The van der Waals surface area contributed by atoms with Crippen LogP contribution in [-0.4, -0.2) is 48.0 Å². The number of likely N-dealkylation sites (N-methyl/N-ethyl adjacent to an activating group) is 1. The van der Waals surface area contributed by atoms with Crippen LogP contribution in [0.2, 0.25) is 0 Å². The molecule has 2 aliphatic heterocycles. The zero-order valence-corrected chi connectivity index (χ0v) is 15.7. The molecule has 6 heteroatoms. The monoisotopic (exact) mass is 379 g/mol. The highest BCUT2D eigenvalue weighted by atomic mass is 16.6. The number of benzene rings is 2. The summed E-state index contributed by atoms with van der Waals surface area (Å²) in [5, 5.41) is 11.9. The minimum atomic E-state index is -1.94. The number of hydrogen-bond donors (Lipinski definition) is 1. The van der Waals surface area contributed by atoms with E-state index in [1.807, 2.05) is 30.3 Å². The van der Waals surface area contributed by atoms with Crippen molar-refractivity contribution in [2.75, 3.05) is 20.7 Å². The van der Waals surface area contributed by atoms with Crippen LogP contribution in [0.5, 0.6) is 0 Å². The lowest BCUT2D eigenvalue weighted by molar-refractivity contribution is -0.235. The second kappa shape index (κ2) is 5.50. The number of carbonyl (C=O) groups excluding carboxylic acids is 2. The average molecular weight is 379 g/mol. The summed E-state index contributed by atoms with van der Waals surface area (Å²) in [5.74, 6) is -2.78. The van der Waals surface area contributed by atoms with Gasteiger partial charge in [0.25, 0.3) is 0 Å². The number of nitrogens with zero attached hydrogens (tertiary/aromatic N) is 1. The lowest BCUT2D eigenvalue weighted by atomic mass is 9.63. The van der Waals surface area contributed by atoms with Crippen LogP contribution in [-0.2, 0) is 20.1 Å². The van der Waals surface area contributed by atoms with E-state index in [-0.39, 0.29) is 5.78 Å². The van der Waals surface area contributed by atoms with E-state index in [9.17, 15) is 14.7 Å². The summed E-state index contributed by atoms with van der Waals surface area (Å²) in [6, 6.07) is 16.2. The first-order valence-corrected chi connectivity index (χ1v) is 9.34. The Morgan fingerprint density at radius 3 is 2.57 bits per heavy atom. The Morgan fingerprint density at radius 2 is 1.86 bits per heavy atom. The normalized spacial score (nSPS) is 36.1. The molecular formula is C22H21NO5. The van der Waals surface area contributed by atoms with E-state index >= 15 is 0 Å². The fraction of sp³-hybridized carbons (Fsp3) is 0.364. The number of ether oxygens (including phenoxy) is 2. The molecule has 1 aliphatic carbocycles. The maximum absolute atomic E-state index is 13.8. The van der Waals surface area contributed by atoms with Crippen LogP contribution < -0.4 is 0 Å². The lowest BCUT2D eigenvalue weighted by Gasteiger charge is -2.42. The van der Waals surface area contributed by atoms with Gasteiger partial charge in [0.1, 0.15) is 11.5 Å². The Labute approximate surface area is 162 Å².